The van der Waals surface area contributed by atoms with Gasteiger partial charge in [-0.05, 0) is 116 Å². The van der Waals surface area contributed by atoms with Crippen molar-refractivity contribution in [3.05, 3.63) is 75.4 Å². The molecule has 0 aliphatic heterocycles. The molecule has 0 spiro atoms. The Kier molecular flexibility index (Phi) is 7.14. The molecule has 39 heavy (non-hydrogen) atoms. The lowest BCUT2D eigenvalue weighted by molar-refractivity contribution is 0.412. The molecular weight excluding hydrogens is 485 g/mol. The van der Waals surface area contributed by atoms with Crippen molar-refractivity contribution in [3.63, 3.8) is 0 Å². The second kappa shape index (κ2) is 10.2. The Morgan fingerprint density at radius 3 is 1.85 bits per heavy atom. The van der Waals surface area contributed by atoms with Crippen molar-refractivity contribution in [3.8, 4) is 11.1 Å². The molecule has 4 aliphatic rings. The van der Waals surface area contributed by atoms with Crippen LogP contribution in [-0.4, -0.2) is 10.2 Å². The van der Waals surface area contributed by atoms with Crippen molar-refractivity contribution >= 4 is 15.8 Å². The van der Waals surface area contributed by atoms with Crippen molar-refractivity contribution in [1.29, 1.82) is 0 Å². The minimum absolute atomic E-state index is 0.0985. The molecule has 2 aromatic carbocycles. The molecule has 1 heteroatoms. The Morgan fingerprint density at radius 2 is 1.31 bits per heavy atom. The summed E-state index contributed by atoms with van der Waals surface area (Å²) in [5.41, 5.74) is 16.6. The van der Waals surface area contributed by atoms with E-state index < -0.39 is 0 Å². The normalized spacial score (nSPS) is 22.2. The van der Waals surface area contributed by atoms with E-state index in [4.69, 9.17) is 0 Å². The van der Waals surface area contributed by atoms with Crippen molar-refractivity contribution in [2.24, 2.45) is 0 Å². The van der Waals surface area contributed by atoms with Gasteiger partial charge in [-0.25, -0.2) is 0 Å². The van der Waals surface area contributed by atoms with Gasteiger partial charge in [-0.15, -0.1) is 0 Å². The van der Waals surface area contributed by atoms with Gasteiger partial charge in [-0.3, -0.25) is 0 Å². The third kappa shape index (κ3) is 4.75. The predicted octanol–water partition coefficient (Wildman–Crippen LogP) is 11.0. The average Bonchev–Trinajstić information content (AvgIpc) is 3.54. The number of allylic oxidation sites excluding steroid dienone is 4. The van der Waals surface area contributed by atoms with Gasteiger partial charge in [0.05, 0.1) is 0 Å². The van der Waals surface area contributed by atoms with Crippen LogP contribution in [0.15, 0.2) is 36.4 Å². The topological polar surface area (TPSA) is 0 Å². The van der Waals surface area contributed by atoms with E-state index in [9.17, 15) is 0 Å². The Hall–Kier alpha value is -1.86. The largest absolute Gasteiger partial charge is 0.0801 e. The standard InChI is InChI=1S/C38H49Si/c1-37(2,3)27-21-22-28-29(23-27)36(39)34-32(26-19-13-14-20-26)35(38(4,5)6)31(25-17-11-8-12-18-25)30(33(28)34)24-15-9-7-10-16-24/h13-14,19,21-25,36H,7-12,15-18,20H2,1-6H3. The first-order valence-corrected chi connectivity index (χ1v) is 16.6. The molecule has 0 N–H and O–H groups in total. The average molecular weight is 534 g/mol. The van der Waals surface area contributed by atoms with Crippen molar-refractivity contribution in [2.75, 3.05) is 0 Å². The molecule has 2 saturated carbocycles. The fraction of sp³-hybridized carbons (Fsp3) is 0.579. The van der Waals surface area contributed by atoms with Gasteiger partial charge >= 0.3 is 0 Å². The summed E-state index contributed by atoms with van der Waals surface area (Å²) in [6, 6.07) is 7.49. The molecule has 4 aliphatic carbocycles. The van der Waals surface area contributed by atoms with Gasteiger partial charge < -0.3 is 0 Å². The van der Waals surface area contributed by atoms with Gasteiger partial charge in [-0.2, -0.15) is 0 Å². The van der Waals surface area contributed by atoms with Crippen LogP contribution < -0.4 is 0 Å². The van der Waals surface area contributed by atoms with Gasteiger partial charge in [0.25, 0.3) is 0 Å². The monoisotopic (exact) mass is 533 g/mol. The molecule has 0 nitrogen and oxygen atoms in total. The smallest absolute Gasteiger partial charge is 0.0397 e. The van der Waals surface area contributed by atoms with Crippen LogP contribution in [-0.2, 0) is 10.8 Å². The maximum atomic E-state index is 4.43. The second-order valence-corrected chi connectivity index (χ2v) is 15.7. The van der Waals surface area contributed by atoms with E-state index in [2.05, 4.69) is 88.2 Å². The molecule has 0 amide bonds. The van der Waals surface area contributed by atoms with Crippen LogP contribution in [0.2, 0.25) is 0 Å². The molecule has 2 fully saturated rings. The van der Waals surface area contributed by atoms with Gasteiger partial charge in [0, 0.05) is 10.2 Å². The van der Waals surface area contributed by atoms with E-state index in [0.717, 1.165) is 6.42 Å². The Bertz CT molecular complexity index is 1310. The summed E-state index contributed by atoms with van der Waals surface area (Å²) in [6.07, 6.45) is 22.0. The van der Waals surface area contributed by atoms with E-state index in [1.807, 2.05) is 0 Å². The molecule has 205 valence electrons. The first kappa shape index (κ1) is 27.3. The van der Waals surface area contributed by atoms with Gasteiger partial charge in [0.1, 0.15) is 0 Å². The Morgan fingerprint density at radius 1 is 0.692 bits per heavy atom. The maximum absolute atomic E-state index is 4.43. The SMILES string of the molecule is CC(C)(C)c1ccc2c(c1)C([Si])c1c(C3=CC=CC3)c(C(C)(C)C)c(C3CCCCC3)c(C3CCCCC3)c1-2. The zero-order valence-electron chi connectivity index (χ0n) is 25.5. The van der Waals surface area contributed by atoms with Gasteiger partial charge in [-0.1, -0.05) is 116 Å². The molecule has 1 atom stereocenters. The Balaban J connectivity index is 1.74. The van der Waals surface area contributed by atoms with Crippen LogP contribution in [0.4, 0.5) is 0 Å². The molecule has 0 heterocycles. The lowest BCUT2D eigenvalue weighted by atomic mass is 9.65. The van der Waals surface area contributed by atoms with Gasteiger partial charge in [0.15, 0.2) is 0 Å². The number of benzene rings is 2. The minimum atomic E-state index is 0.0985. The highest BCUT2D eigenvalue weighted by atomic mass is 28.1. The zero-order chi connectivity index (χ0) is 27.5. The fourth-order valence-corrected chi connectivity index (χ4v) is 8.94. The highest BCUT2D eigenvalue weighted by Crippen LogP contribution is 2.58. The van der Waals surface area contributed by atoms with Crippen molar-refractivity contribution in [1.82, 2.24) is 0 Å². The van der Waals surface area contributed by atoms with Crippen LogP contribution >= 0.6 is 0 Å². The quantitative estimate of drug-likeness (QED) is 0.344. The molecule has 0 saturated heterocycles. The second-order valence-electron chi connectivity index (χ2n) is 15.1. The first-order valence-electron chi connectivity index (χ1n) is 16.0. The molecule has 1 unspecified atom stereocenters. The third-order valence-corrected chi connectivity index (χ3v) is 10.9. The molecule has 2 aromatic rings. The number of fused-ring (bicyclic) bond motifs is 3. The maximum Gasteiger partial charge on any atom is 0.0397 e. The molecule has 0 aromatic heterocycles. The van der Waals surface area contributed by atoms with Crippen LogP contribution in [0, 0.1) is 0 Å². The number of rotatable bonds is 3. The van der Waals surface area contributed by atoms with E-state index in [-0.39, 0.29) is 16.4 Å². The summed E-state index contributed by atoms with van der Waals surface area (Å²) < 4.78 is 0. The molecule has 6 rings (SSSR count). The van der Waals surface area contributed by atoms with E-state index in [1.165, 1.54) is 86.5 Å². The minimum Gasteiger partial charge on any atom is -0.0801 e. The van der Waals surface area contributed by atoms with Crippen LogP contribution in [0.1, 0.15) is 168 Å². The van der Waals surface area contributed by atoms with Crippen LogP contribution in [0.5, 0.6) is 0 Å². The fourth-order valence-electron chi connectivity index (χ4n) is 8.41. The first-order chi connectivity index (χ1) is 18.6. The summed E-state index contributed by atoms with van der Waals surface area (Å²) in [7, 11) is 4.43. The van der Waals surface area contributed by atoms with Gasteiger partial charge in [0.2, 0.25) is 0 Å². The highest BCUT2D eigenvalue weighted by molar-refractivity contribution is 6.18. The third-order valence-electron chi connectivity index (χ3n) is 10.3. The molecule has 3 radical (unpaired) electrons. The summed E-state index contributed by atoms with van der Waals surface area (Å²) >= 11 is 0. The van der Waals surface area contributed by atoms with E-state index in [0.29, 0.717) is 11.8 Å². The summed E-state index contributed by atoms with van der Waals surface area (Å²) in [5.74, 6) is 1.40. The van der Waals surface area contributed by atoms with Crippen molar-refractivity contribution < 1.29 is 0 Å². The van der Waals surface area contributed by atoms with E-state index in [1.54, 1.807) is 33.4 Å². The lowest BCUT2D eigenvalue weighted by Gasteiger charge is -2.39. The van der Waals surface area contributed by atoms with Crippen LogP contribution in [0.3, 0.4) is 0 Å². The number of hydrogen-bond acceptors (Lipinski definition) is 0. The van der Waals surface area contributed by atoms with Crippen molar-refractivity contribution in [2.45, 2.75) is 140 Å². The Labute approximate surface area is 242 Å². The summed E-state index contributed by atoms with van der Waals surface area (Å²) in [4.78, 5) is 0. The lowest BCUT2D eigenvalue weighted by Crippen LogP contribution is -2.25. The number of hydrogen-bond donors (Lipinski definition) is 0. The zero-order valence-corrected chi connectivity index (χ0v) is 26.5. The highest BCUT2D eigenvalue weighted by Gasteiger charge is 2.41. The molecule has 0 bridgehead atoms. The van der Waals surface area contributed by atoms with Crippen LogP contribution in [0.25, 0.3) is 16.7 Å². The van der Waals surface area contributed by atoms with E-state index >= 15 is 0 Å². The summed E-state index contributed by atoms with van der Waals surface area (Å²) in [5, 5.41) is 0. The molecular formula is C38H49Si. The summed E-state index contributed by atoms with van der Waals surface area (Å²) in [6.45, 7) is 14.6. The predicted molar refractivity (Wildman–Crippen MR) is 170 cm³/mol.